The molecule has 1 heterocycles. The molecule has 0 fully saturated rings. The molecule has 134 valence electrons. The monoisotopic (exact) mass is 391 g/mol. The van der Waals surface area contributed by atoms with Crippen molar-refractivity contribution in [2.75, 3.05) is 18.9 Å². The molecule has 0 spiro atoms. The fraction of sp³-hybridized carbons (Fsp3) is 0.158. The van der Waals surface area contributed by atoms with Crippen LogP contribution in [0.25, 0.3) is 10.8 Å². The van der Waals surface area contributed by atoms with Crippen molar-refractivity contribution in [2.45, 2.75) is 6.92 Å². The standard InChI is InChI=1S/C19H16Cl2FN3O/c1-3-25(2)19(26)12-10-23-18(11-6-4-7-13(20)16(11)12)24-15-9-5-8-14(22)17(15)21/h4-10H,3H2,1-2H3,(H,23,24). The largest absolute Gasteiger partial charge is 0.342 e. The number of nitrogens with one attached hydrogen (secondary N) is 1. The Hall–Kier alpha value is -2.37. The second-order valence-electron chi connectivity index (χ2n) is 5.73. The van der Waals surface area contributed by atoms with Gasteiger partial charge < -0.3 is 10.2 Å². The van der Waals surface area contributed by atoms with Gasteiger partial charge in [0.1, 0.15) is 11.6 Å². The predicted molar refractivity (Wildman–Crippen MR) is 104 cm³/mol. The molecule has 0 aliphatic carbocycles. The average Bonchev–Trinajstić information content (AvgIpc) is 2.64. The molecule has 0 saturated carbocycles. The van der Waals surface area contributed by atoms with Gasteiger partial charge in [-0.3, -0.25) is 4.79 Å². The van der Waals surface area contributed by atoms with Gasteiger partial charge in [-0.1, -0.05) is 41.4 Å². The maximum absolute atomic E-state index is 13.7. The van der Waals surface area contributed by atoms with E-state index in [9.17, 15) is 9.18 Å². The SMILES string of the molecule is CCN(C)C(=O)c1cnc(Nc2cccc(F)c2Cl)c2cccc(Cl)c12. The second kappa shape index (κ2) is 7.48. The van der Waals surface area contributed by atoms with Crippen LogP contribution in [0.5, 0.6) is 0 Å². The molecule has 0 atom stereocenters. The van der Waals surface area contributed by atoms with Gasteiger partial charge in [0.2, 0.25) is 0 Å². The Bertz CT molecular complexity index is 994. The number of carbonyl (C=O) groups is 1. The highest BCUT2D eigenvalue weighted by molar-refractivity contribution is 6.37. The molecule has 26 heavy (non-hydrogen) atoms. The minimum atomic E-state index is -0.532. The number of halogens is 3. The van der Waals surface area contributed by atoms with E-state index in [4.69, 9.17) is 23.2 Å². The summed E-state index contributed by atoms with van der Waals surface area (Å²) in [4.78, 5) is 18.6. The number of rotatable bonds is 4. The van der Waals surface area contributed by atoms with E-state index in [-0.39, 0.29) is 10.9 Å². The van der Waals surface area contributed by atoms with Crippen molar-refractivity contribution in [3.05, 3.63) is 64.0 Å². The lowest BCUT2D eigenvalue weighted by Crippen LogP contribution is -2.26. The molecule has 0 bridgehead atoms. The third-order valence-corrected chi connectivity index (χ3v) is 4.82. The third-order valence-electron chi connectivity index (χ3n) is 4.12. The van der Waals surface area contributed by atoms with Crippen molar-refractivity contribution in [1.82, 2.24) is 9.88 Å². The summed E-state index contributed by atoms with van der Waals surface area (Å²) < 4.78 is 13.7. The number of hydrogen-bond donors (Lipinski definition) is 1. The summed E-state index contributed by atoms with van der Waals surface area (Å²) in [6.07, 6.45) is 1.47. The van der Waals surface area contributed by atoms with E-state index in [1.807, 2.05) is 6.92 Å². The van der Waals surface area contributed by atoms with E-state index < -0.39 is 5.82 Å². The molecule has 0 saturated heterocycles. The Balaban J connectivity index is 2.16. The minimum absolute atomic E-state index is 0.0321. The van der Waals surface area contributed by atoms with Gasteiger partial charge in [-0.05, 0) is 25.1 Å². The zero-order valence-corrected chi connectivity index (χ0v) is 15.7. The Labute approximate surface area is 160 Å². The van der Waals surface area contributed by atoms with Crippen molar-refractivity contribution >= 4 is 51.4 Å². The molecule has 0 radical (unpaired) electrons. The Kier molecular flexibility index (Phi) is 5.30. The van der Waals surface area contributed by atoms with Gasteiger partial charge >= 0.3 is 0 Å². The van der Waals surface area contributed by atoms with Crippen LogP contribution in [0.1, 0.15) is 17.3 Å². The first-order valence-corrected chi connectivity index (χ1v) is 8.73. The van der Waals surface area contributed by atoms with E-state index in [0.717, 1.165) is 0 Å². The third kappa shape index (κ3) is 3.32. The predicted octanol–water partition coefficient (Wildman–Crippen LogP) is 5.52. The molecular formula is C19H16Cl2FN3O. The number of aromatic nitrogens is 1. The van der Waals surface area contributed by atoms with Crippen LogP contribution >= 0.6 is 23.2 Å². The maximum atomic E-state index is 13.7. The minimum Gasteiger partial charge on any atom is -0.342 e. The molecule has 7 heteroatoms. The van der Waals surface area contributed by atoms with Crippen LogP contribution in [0.3, 0.4) is 0 Å². The number of carbonyl (C=O) groups excluding carboxylic acids is 1. The molecule has 3 rings (SSSR count). The van der Waals surface area contributed by atoms with Crippen LogP contribution in [-0.2, 0) is 0 Å². The van der Waals surface area contributed by atoms with Gasteiger partial charge in [-0.2, -0.15) is 0 Å². The smallest absolute Gasteiger partial charge is 0.255 e. The van der Waals surface area contributed by atoms with E-state index in [1.165, 1.54) is 12.3 Å². The highest BCUT2D eigenvalue weighted by atomic mass is 35.5. The van der Waals surface area contributed by atoms with Gasteiger partial charge in [0.05, 0.1) is 16.3 Å². The van der Waals surface area contributed by atoms with E-state index in [0.29, 0.717) is 39.4 Å². The summed E-state index contributed by atoms with van der Waals surface area (Å²) in [5.74, 6) is -0.269. The van der Waals surface area contributed by atoms with E-state index in [2.05, 4.69) is 10.3 Å². The van der Waals surface area contributed by atoms with Gasteiger partial charge in [-0.25, -0.2) is 9.37 Å². The zero-order valence-electron chi connectivity index (χ0n) is 14.2. The molecule has 1 N–H and O–H groups in total. The van der Waals surface area contributed by atoms with Gasteiger partial charge in [0, 0.05) is 35.6 Å². The summed E-state index contributed by atoms with van der Waals surface area (Å²) in [6, 6.07) is 9.75. The molecule has 3 aromatic rings. The number of benzene rings is 2. The highest BCUT2D eigenvalue weighted by Crippen LogP contribution is 2.34. The average molecular weight is 392 g/mol. The fourth-order valence-corrected chi connectivity index (χ4v) is 3.05. The van der Waals surface area contributed by atoms with Gasteiger partial charge in [-0.15, -0.1) is 0 Å². The molecule has 4 nitrogen and oxygen atoms in total. The van der Waals surface area contributed by atoms with Gasteiger partial charge in [0.15, 0.2) is 0 Å². The Morgan fingerprint density at radius 1 is 1.23 bits per heavy atom. The zero-order chi connectivity index (χ0) is 18.8. The highest BCUT2D eigenvalue weighted by Gasteiger charge is 2.19. The van der Waals surface area contributed by atoms with Crippen LogP contribution < -0.4 is 5.32 Å². The number of amides is 1. The quantitative estimate of drug-likeness (QED) is 0.636. The fourth-order valence-electron chi connectivity index (χ4n) is 2.60. The van der Waals surface area contributed by atoms with E-state index >= 15 is 0 Å². The van der Waals surface area contributed by atoms with Crippen molar-refractivity contribution in [3.63, 3.8) is 0 Å². The lowest BCUT2D eigenvalue weighted by atomic mass is 10.1. The molecule has 0 unspecified atom stereocenters. The van der Waals surface area contributed by atoms with Crippen molar-refractivity contribution in [1.29, 1.82) is 0 Å². The van der Waals surface area contributed by atoms with Crippen molar-refractivity contribution < 1.29 is 9.18 Å². The first-order chi connectivity index (χ1) is 12.4. The van der Waals surface area contributed by atoms with Crippen LogP contribution in [0, 0.1) is 5.82 Å². The first-order valence-electron chi connectivity index (χ1n) is 7.97. The topological polar surface area (TPSA) is 45.2 Å². The maximum Gasteiger partial charge on any atom is 0.255 e. The van der Waals surface area contributed by atoms with Crippen LogP contribution in [0.15, 0.2) is 42.6 Å². The first kappa shape index (κ1) is 18.4. The second-order valence-corrected chi connectivity index (χ2v) is 6.51. The lowest BCUT2D eigenvalue weighted by Gasteiger charge is -2.18. The summed E-state index contributed by atoms with van der Waals surface area (Å²) in [5, 5.41) is 4.66. The summed E-state index contributed by atoms with van der Waals surface area (Å²) in [5.41, 5.74) is 0.788. The molecular weight excluding hydrogens is 376 g/mol. The molecule has 1 aromatic heterocycles. The summed E-state index contributed by atoms with van der Waals surface area (Å²) >= 11 is 12.4. The number of nitrogens with zero attached hydrogens (tertiary/aromatic N) is 2. The number of hydrogen-bond acceptors (Lipinski definition) is 3. The van der Waals surface area contributed by atoms with E-state index in [1.54, 1.807) is 42.3 Å². The molecule has 1 amide bonds. The Morgan fingerprint density at radius 2 is 1.96 bits per heavy atom. The van der Waals surface area contributed by atoms with Crippen LogP contribution in [0.2, 0.25) is 10.0 Å². The number of pyridine rings is 1. The van der Waals surface area contributed by atoms with Crippen LogP contribution in [0.4, 0.5) is 15.9 Å². The summed E-state index contributed by atoms with van der Waals surface area (Å²) in [6.45, 7) is 2.45. The molecule has 0 aliphatic heterocycles. The number of anilines is 2. The lowest BCUT2D eigenvalue weighted by molar-refractivity contribution is 0.0804. The normalized spacial score (nSPS) is 10.8. The van der Waals surface area contributed by atoms with Gasteiger partial charge in [0.25, 0.3) is 5.91 Å². The van der Waals surface area contributed by atoms with Crippen molar-refractivity contribution in [3.8, 4) is 0 Å². The molecule has 0 aliphatic rings. The van der Waals surface area contributed by atoms with Crippen molar-refractivity contribution in [2.24, 2.45) is 0 Å². The summed E-state index contributed by atoms with van der Waals surface area (Å²) in [7, 11) is 1.71. The van der Waals surface area contributed by atoms with Crippen LogP contribution in [-0.4, -0.2) is 29.4 Å². The Morgan fingerprint density at radius 3 is 2.69 bits per heavy atom. The molecule has 2 aromatic carbocycles. The number of fused-ring (bicyclic) bond motifs is 1.